The molecule has 0 saturated carbocycles. The van der Waals surface area contributed by atoms with Gasteiger partial charge in [0, 0.05) is 6.42 Å². The Bertz CT molecular complexity index is 711. The number of ether oxygens (including phenoxy) is 3. The van der Waals surface area contributed by atoms with Crippen molar-refractivity contribution >= 4 is 11.9 Å². The van der Waals surface area contributed by atoms with Crippen molar-refractivity contribution in [2.45, 2.75) is 79.2 Å². The molecule has 0 aliphatic heterocycles. The normalized spacial score (nSPS) is 17.4. The molecule has 1 aliphatic carbocycles. The van der Waals surface area contributed by atoms with Gasteiger partial charge in [0.1, 0.15) is 6.61 Å². The fourth-order valence-corrected chi connectivity index (χ4v) is 3.70. The van der Waals surface area contributed by atoms with E-state index in [4.69, 9.17) is 14.2 Å². The van der Waals surface area contributed by atoms with E-state index < -0.39 is 10.8 Å². The van der Waals surface area contributed by atoms with Crippen molar-refractivity contribution in [3.05, 3.63) is 35.4 Å². The average molecular weight is 419 g/mol. The Balaban J connectivity index is 1.69. The van der Waals surface area contributed by atoms with Crippen molar-refractivity contribution in [3.63, 3.8) is 0 Å². The molecule has 0 N–H and O–H groups in total. The molecule has 0 fully saturated rings. The molecule has 1 aromatic rings. The minimum Gasteiger partial charge on any atom is -0.465 e. The molecular weight excluding hydrogens is 380 g/mol. The summed E-state index contributed by atoms with van der Waals surface area (Å²) in [7, 11) is 0. The summed E-state index contributed by atoms with van der Waals surface area (Å²) < 4.78 is 16.7. The van der Waals surface area contributed by atoms with Gasteiger partial charge < -0.3 is 14.2 Å². The van der Waals surface area contributed by atoms with Gasteiger partial charge in [-0.3, -0.25) is 9.59 Å². The summed E-state index contributed by atoms with van der Waals surface area (Å²) in [5.74, 6) is -0.353. The molecule has 1 aromatic carbocycles. The van der Waals surface area contributed by atoms with Crippen molar-refractivity contribution in [2.75, 3.05) is 19.8 Å². The molecule has 0 saturated heterocycles. The van der Waals surface area contributed by atoms with E-state index in [-0.39, 0.29) is 24.6 Å². The van der Waals surface area contributed by atoms with Crippen LogP contribution in [0.25, 0.3) is 0 Å². The maximum absolute atomic E-state index is 12.5. The van der Waals surface area contributed by atoms with E-state index in [0.717, 1.165) is 25.7 Å². The van der Waals surface area contributed by atoms with Crippen molar-refractivity contribution in [3.8, 4) is 0 Å². The van der Waals surface area contributed by atoms with Crippen LogP contribution < -0.4 is 0 Å². The molecule has 0 aromatic heterocycles. The van der Waals surface area contributed by atoms with E-state index in [1.54, 1.807) is 0 Å². The van der Waals surface area contributed by atoms with Gasteiger partial charge in [-0.15, -0.1) is 0 Å². The number of esters is 2. The van der Waals surface area contributed by atoms with Gasteiger partial charge >= 0.3 is 11.9 Å². The molecule has 0 spiro atoms. The quantitative estimate of drug-likeness (QED) is 0.317. The fraction of sp³-hybridized carbons (Fsp3) is 0.680. The van der Waals surface area contributed by atoms with Crippen molar-refractivity contribution in [2.24, 2.45) is 10.8 Å². The van der Waals surface area contributed by atoms with Gasteiger partial charge in [0.25, 0.3) is 0 Å². The van der Waals surface area contributed by atoms with E-state index in [1.807, 2.05) is 46.8 Å². The van der Waals surface area contributed by atoms with Crippen LogP contribution in [0, 0.1) is 10.8 Å². The molecule has 0 amide bonds. The topological polar surface area (TPSA) is 61.8 Å². The standard InChI is InChI=1S/C25H38O5/c1-6-15-29-23(27)25(5,7-2)14-10-13-24(3,4)22(26)30-17-16-28-21-18-19-11-8-9-12-20(19)21/h8-9,11-12,21H,6-7,10,13-18H2,1-5H3. The summed E-state index contributed by atoms with van der Waals surface area (Å²) in [5, 5.41) is 0. The van der Waals surface area contributed by atoms with E-state index in [2.05, 4.69) is 12.1 Å². The third kappa shape index (κ3) is 6.31. The molecule has 2 rings (SSSR count). The Labute approximate surface area is 181 Å². The number of carbonyl (C=O) groups is 2. The van der Waals surface area contributed by atoms with E-state index in [9.17, 15) is 9.59 Å². The molecule has 30 heavy (non-hydrogen) atoms. The van der Waals surface area contributed by atoms with Gasteiger partial charge in [-0.25, -0.2) is 0 Å². The largest absolute Gasteiger partial charge is 0.465 e. The Hall–Kier alpha value is -1.88. The van der Waals surface area contributed by atoms with Gasteiger partial charge in [0.15, 0.2) is 0 Å². The van der Waals surface area contributed by atoms with Crippen LogP contribution >= 0.6 is 0 Å². The summed E-state index contributed by atoms with van der Waals surface area (Å²) in [6, 6.07) is 8.26. The molecule has 5 nitrogen and oxygen atoms in total. The van der Waals surface area contributed by atoms with Crippen LogP contribution in [0.3, 0.4) is 0 Å². The highest BCUT2D eigenvalue weighted by atomic mass is 16.6. The van der Waals surface area contributed by atoms with E-state index >= 15 is 0 Å². The first-order valence-corrected chi connectivity index (χ1v) is 11.3. The van der Waals surface area contributed by atoms with Crippen molar-refractivity contribution in [1.29, 1.82) is 0 Å². The van der Waals surface area contributed by atoms with Crippen LogP contribution in [-0.4, -0.2) is 31.8 Å². The summed E-state index contributed by atoms with van der Waals surface area (Å²) in [6.45, 7) is 10.9. The zero-order valence-corrected chi connectivity index (χ0v) is 19.3. The predicted octanol–water partition coefficient (Wildman–Crippen LogP) is 5.41. The van der Waals surface area contributed by atoms with Crippen molar-refractivity contribution < 1.29 is 23.8 Å². The fourth-order valence-electron chi connectivity index (χ4n) is 3.70. The van der Waals surface area contributed by atoms with Gasteiger partial charge in [-0.1, -0.05) is 44.5 Å². The molecule has 0 bridgehead atoms. The van der Waals surface area contributed by atoms with Gasteiger partial charge in [-0.05, 0) is 57.6 Å². The molecule has 2 unspecified atom stereocenters. The zero-order valence-electron chi connectivity index (χ0n) is 19.3. The highest BCUT2D eigenvalue weighted by molar-refractivity contribution is 5.77. The molecule has 5 heteroatoms. The first-order chi connectivity index (χ1) is 14.2. The predicted molar refractivity (Wildman–Crippen MR) is 117 cm³/mol. The zero-order chi connectivity index (χ0) is 22.2. The second-order valence-corrected chi connectivity index (χ2v) is 9.19. The van der Waals surface area contributed by atoms with Crippen molar-refractivity contribution in [1.82, 2.24) is 0 Å². The molecule has 1 aliphatic rings. The second-order valence-electron chi connectivity index (χ2n) is 9.19. The molecule has 168 valence electrons. The van der Waals surface area contributed by atoms with Crippen LogP contribution in [0.5, 0.6) is 0 Å². The van der Waals surface area contributed by atoms with E-state index in [0.29, 0.717) is 26.1 Å². The number of hydrogen-bond acceptors (Lipinski definition) is 5. The Morgan fingerprint density at radius 1 is 0.967 bits per heavy atom. The van der Waals surface area contributed by atoms with Gasteiger partial charge in [-0.2, -0.15) is 0 Å². The third-order valence-electron chi connectivity index (χ3n) is 6.24. The first kappa shape index (κ1) is 24.4. The Morgan fingerprint density at radius 3 is 2.33 bits per heavy atom. The maximum atomic E-state index is 12.5. The van der Waals surface area contributed by atoms with Crippen LogP contribution in [0.1, 0.15) is 84.0 Å². The van der Waals surface area contributed by atoms with Gasteiger partial charge in [0.2, 0.25) is 0 Å². The average Bonchev–Trinajstić information content (AvgIpc) is 2.71. The number of rotatable bonds is 13. The lowest BCUT2D eigenvalue weighted by Gasteiger charge is -2.30. The van der Waals surface area contributed by atoms with Crippen LogP contribution in [0.4, 0.5) is 0 Å². The Morgan fingerprint density at radius 2 is 1.67 bits per heavy atom. The lowest BCUT2D eigenvalue weighted by atomic mass is 9.79. The highest BCUT2D eigenvalue weighted by Crippen LogP contribution is 2.36. The smallest absolute Gasteiger partial charge is 0.311 e. The van der Waals surface area contributed by atoms with Crippen LogP contribution in [0.15, 0.2) is 24.3 Å². The summed E-state index contributed by atoms with van der Waals surface area (Å²) >= 11 is 0. The third-order valence-corrected chi connectivity index (χ3v) is 6.24. The number of fused-ring (bicyclic) bond motifs is 1. The lowest BCUT2D eigenvalue weighted by molar-refractivity contribution is -0.157. The number of benzene rings is 1. The molecular formula is C25H38O5. The molecule has 0 radical (unpaired) electrons. The van der Waals surface area contributed by atoms with Crippen LogP contribution in [0.2, 0.25) is 0 Å². The Kier molecular flexibility index (Phi) is 8.90. The monoisotopic (exact) mass is 418 g/mol. The molecule has 2 atom stereocenters. The summed E-state index contributed by atoms with van der Waals surface area (Å²) in [5.41, 5.74) is 1.48. The van der Waals surface area contributed by atoms with E-state index in [1.165, 1.54) is 11.1 Å². The lowest BCUT2D eigenvalue weighted by Crippen LogP contribution is -2.32. The minimum absolute atomic E-state index is 0.118. The first-order valence-electron chi connectivity index (χ1n) is 11.3. The minimum atomic E-state index is -0.592. The summed E-state index contributed by atoms with van der Waals surface area (Å²) in [6.07, 6.45) is 4.72. The second kappa shape index (κ2) is 10.9. The number of hydrogen-bond donors (Lipinski definition) is 0. The summed E-state index contributed by atoms with van der Waals surface area (Å²) in [4.78, 5) is 24.9. The number of carbonyl (C=O) groups excluding carboxylic acids is 2. The van der Waals surface area contributed by atoms with Gasteiger partial charge in [0.05, 0.1) is 30.1 Å². The maximum Gasteiger partial charge on any atom is 0.311 e. The van der Waals surface area contributed by atoms with Crippen LogP contribution in [-0.2, 0) is 30.2 Å². The molecule has 0 heterocycles. The SMILES string of the molecule is CCCOC(=O)C(C)(CC)CCCC(C)(C)C(=O)OCCOC1Cc2ccccc21. The highest BCUT2D eigenvalue weighted by Gasteiger charge is 2.35.